The van der Waals surface area contributed by atoms with Gasteiger partial charge in [0.25, 0.3) is 0 Å². The van der Waals surface area contributed by atoms with Crippen molar-refractivity contribution in [1.82, 2.24) is 4.57 Å². The quantitative estimate of drug-likeness (QED) is 0.403. The van der Waals surface area contributed by atoms with E-state index in [1.165, 1.54) is 19.9 Å². The molecule has 2 aliphatic carbocycles. The molecule has 7 heteroatoms. The Morgan fingerprint density at radius 2 is 1.57 bits per heavy atom. The lowest BCUT2D eigenvalue weighted by Gasteiger charge is -2.19. The number of aromatic carboxylic acids is 1. The molecular formula is C30H31NO6. The lowest BCUT2D eigenvalue weighted by Crippen LogP contribution is -2.10. The Morgan fingerprint density at radius 3 is 2.22 bits per heavy atom. The van der Waals surface area contributed by atoms with Gasteiger partial charge in [-0.2, -0.15) is 0 Å². The van der Waals surface area contributed by atoms with Crippen molar-refractivity contribution in [2.45, 2.75) is 57.4 Å². The van der Waals surface area contributed by atoms with E-state index in [1.54, 1.807) is 24.3 Å². The molecule has 1 fully saturated rings. The number of carboxylic acid groups (broad SMARTS) is 1. The third-order valence-electron chi connectivity index (χ3n) is 7.76. The van der Waals surface area contributed by atoms with Crippen LogP contribution in [0.4, 0.5) is 0 Å². The zero-order valence-electron chi connectivity index (χ0n) is 21.2. The van der Waals surface area contributed by atoms with E-state index in [-0.39, 0.29) is 17.5 Å². The summed E-state index contributed by atoms with van der Waals surface area (Å²) in [5.41, 5.74) is 6.54. The van der Waals surface area contributed by atoms with Crippen LogP contribution >= 0.6 is 0 Å². The number of rotatable bonds is 7. The summed E-state index contributed by atoms with van der Waals surface area (Å²) in [5, 5.41) is 10.7. The lowest BCUT2D eigenvalue weighted by molar-refractivity contribution is -0.136. The van der Waals surface area contributed by atoms with E-state index in [1.807, 2.05) is 18.2 Å². The highest BCUT2D eigenvalue weighted by Crippen LogP contribution is 2.47. The van der Waals surface area contributed by atoms with E-state index in [0.29, 0.717) is 24.4 Å². The maximum atomic E-state index is 12.7. The minimum Gasteiger partial charge on any atom is -0.478 e. The van der Waals surface area contributed by atoms with Gasteiger partial charge in [0.15, 0.2) is 0 Å². The molecule has 0 atom stereocenters. The molecule has 0 bridgehead atoms. The van der Waals surface area contributed by atoms with E-state index in [9.17, 15) is 19.5 Å². The average molecular weight is 502 g/mol. The van der Waals surface area contributed by atoms with Crippen LogP contribution in [-0.2, 0) is 20.8 Å². The molecular weight excluding hydrogens is 470 g/mol. The summed E-state index contributed by atoms with van der Waals surface area (Å²) in [5.74, 6) is -1.33. The minimum absolute atomic E-state index is 0.227. The fourth-order valence-electron chi connectivity index (χ4n) is 6.03. The number of ether oxygens (including phenoxy) is 2. The number of nitrogens with zero attached hydrogens (tertiary/aromatic N) is 1. The minimum atomic E-state index is -0.976. The Morgan fingerprint density at radius 1 is 0.892 bits per heavy atom. The molecule has 1 aromatic heterocycles. The van der Waals surface area contributed by atoms with Gasteiger partial charge >= 0.3 is 17.9 Å². The number of hydrogen-bond acceptors (Lipinski definition) is 5. The maximum Gasteiger partial charge on any atom is 0.337 e. The Balaban J connectivity index is 1.75. The molecule has 2 aliphatic rings. The standard InChI is InChI=1S/C30H31NO6/c1-36-29(34)20-12-10-18(11-13-20)17-31-25-16-21(28(32)33)14-15-24(25)26(27(31)19-6-3-4-7-19)22-8-5-9-23(22)30(35)37-2/h10-16,19H,3-9,17H2,1-2H3,(H,32,33). The van der Waals surface area contributed by atoms with Gasteiger partial charge in [0.05, 0.1) is 30.9 Å². The van der Waals surface area contributed by atoms with Crippen LogP contribution < -0.4 is 0 Å². The Hall–Kier alpha value is -3.87. The second-order valence-electron chi connectivity index (χ2n) is 9.86. The van der Waals surface area contributed by atoms with Crippen LogP contribution in [0.15, 0.2) is 48.0 Å². The smallest absolute Gasteiger partial charge is 0.337 e. The Bertz CT molecular complexity index is 1410. The fraction of sp³-hybridized carbons (Fsp3) is 0.367. The molecule has 0 amide bonds. The number of aromatic nitrogens is 1. The van der Waals surface area contributed by atoms with Crippen molar-refractivity contribution < 1.29 is 29.0 Å². The van der Waals surface area contributed by atoms with E-state index >= 15 is 0 Å². The summed E-state index contributed by atoms with van der Waals surface area (Å²) in [6, 6.07) is 12.6. The first kappa shape index (κ1) is 24.8. The van der Waals surface area contributed by atoms with Gasteiger partial charge < -0.3 is 19.1 Å². The van der Waals surface area contributed by atoms with Gasteiger partial charge in [-0.15, -0.1) is 0 Å². The Kier molecular flexibility index (Phi) is 6.87. The molecule has 0 aliphatic heterocycles. The van der Waals surface area contributed by atoms with Crippen molar-refractivity contribution in [2.75, 3.05) is 14.2 Å². The van der Waals surface area contributed by atoms with E-state index in [0.717, 1.165) is 71.7 Å². The molecule has 0 unspecified atom stereocenters. The molecule has 0 radical (unpaired) electrons. The topological polar surface area (TPSA) is 94.8 Å². The summed E-state index contributed by atoms with van der Waals surface area (Å²) in [6.07, 6.45) is 6.75. The highest BCUT2D eigenvalue weighted by Gasteiger charge is 2.32. The molecule has 1 N–H and O–H groups in total. The number of carbonyl (C=O) groups is 3. The van der Waals surface area contributed by atoms with Crippen LogP contribution in [0.1, 0.15) is 88.4 Å². The van der Waals surface area contributed by atoms with Crippen LogP contribution in [0.2, 0.25) is 0 Å². The fourth-order valence-corrected chi connectivity index (χ4v) is 6.03. The maximum absolute atomic E-state index is 12.7. The third-order valence-corrected chi connectivity index (χ3v) is 7.76. The monoisotopic (exact) mass is 501 g/mol. The van der Waals surface area contributed by atoms with Gasteiger partial charge in [0.2, 0.25) is 0 Å². The molecule has 2 aromatic carbocycles. The van der Waals surface area contributed by atoms with Gasteiger partial charge in [-0.1, -0.05) is 31.0 Å². The second-order valence-corrected chi connectivity index (χ2v) is 9.86. The molecule has 3 aromatic rings. The van der Waals surface area contributed by atoms with Crippen molar-refractivity contribution >= 4 is 34.4 Å². The largest absolute Gasteiger partial charge is 0.478 e. The Labute approximate surface area is 215 Å². The molecule has 7 nitrogen and oxygen atoms in total. The first-order valence-electron chi connectivity index (χ1n) is 12.8. The summed E-state index contributed by atoms with van der Waals surface area (Å²) >= 11 is 0. The third kappa shape index (κ3) is 4.54. The normalized spacial score (nSPS) is 15.9. The second kappa shape index (κ2) is 10.2. The number of carbonyl (C=O) groups excluding carboxylic acids is 2. The molecule has 37 heavy (non-hydrogen) atoms. The summed E-state index contributed by atoms with van der Waals surface area (Å²) in [4.78, 5) is 36.5. The zero-order valence-corrected chi connectivity index (χ0v) is 21.2. The lowest BCUT2D eigenvalue weighted by atomic mass is 9.91. The van der Waals surface area contributed by atoms with Crippen LogP contribution in [0.25, 0.3) is 16.5 Å². The number of allylic oxidation sites excluding steroid dienone is 1. The van der Waals surface area contributed by atoms with E-state index in [4.69, 9.17) is 9.47 Å². The van der Waals surface area contributed by atoms with E-state index in [2.05, 4.69) is 4.57 Å². The molecule has 0 spiro atoms. The number of esters is 2. The van der Waals surface area contributed by atoms with Crippen LogP contribution in [0.5, 0.6) is 0 Å². The highest BCUT2D eigenvalue weighted by atomic mass is 16.5. The van der Waals surface area contributed by atoms with Gasteiger partial charge in [-0.05, 0) is 73.4 Å². The SMILES string of the molecule is COC(=O)C1=C(c2c(C3CCCC3)n(Cc3ccc(C(=O)OC)cc3)c3cc(C(=O)O)ccc23)CCC1. The number of carboxylic acids is 1. The van der Waals surface area contributed by atoms with Crippen molar-refractivity contribution in [1.29, 1.82) is 0 Å². The van der Waals surface area contributed by atoms with Gasteiger partial charge in [-0.3, -0.25) is 0 Å². The average Bonchev–Trinajstić information content (AvgIpc) is 3.67. The highest BCUT2D eigenvalue weighted by molar-refractivity contribution is 6.06. The number of fused-ring (bicyclic) bond motifs is 1. The van der Waals surface area contributed by atoms with Gasteiger partial charge in [0.1, 0.15) is 0 Å². The molecule has 1 saturated carbocycles. The zero-order chi connectivity index (χ0) is 26.1. The van der Waals surface area contributed by atoms with Gasteiger partial charge in [0, 0.05) is 28.8 Å². The number of benzene rings is 2. The van der Waals surface area contributed by atoms with Crippen molar-refractivity contribution in [3.05, 3.63) is 76.0 Å². The van der Waals surface area contributed by atoms with Crippen molar-refractivity contribution in [2.24, 2.45) is 0 Å². The summed E-state index contributed by atoms with van der Waals surface area (Å²) in [7, 11) is 2.78. The molecule has 1 heterocycles. The van der Waals surface area contributed by atoms with Crippen LogP contribution in [0.3, 0.4) is 0 Å². The number of hydrogen-bond donors (Lipinski definition) is 1. The predicted molar refractivity (Wildman–Crippen MR) is 140 cm³/mol. The first-order valence-corrected chi connectivity index (χ1v) is 12.8. The van der Waals surface area contributed by atoms with Crippen molar-refractivity contribution in [3.63, 3.8) is 0 Å². The van der Waals surface area contributed by atoms with Crippen molar-refractivity contribution in [3.8, 4) is 0 Å². The van der Waals surface area contributed by atoms with Crippen LogP contribution in [0, 0.1) is 0 Å². The predicted octanol–water partition coefficient (Wildman–Crippen LogP) is 5.94. The van der Waals surface area contributed by atoms with Gasteiger partial charge in [-0.25, -0.2) is 14.4 Å². The molecule has 5 rings (SSSR count). The van der Waals surface area contributed by atoms with E-state index < -0.39 is 5.97 Å². The summed E-state index contributed by atoms with van der Waals surface area (Å²) < 4.78 is 12.2. The van der Waals surface area contributed by atoms with Crippen LogP contribution in [-0.4, -0.2) is 41.8 Å². The number of methoxy groups -OCH3 is 2. The molecule has 0 saturated heterocycles. The summed E-state index contributed by atoms with van der Waals surface area (Å²) in [6.45, 7) is 0.522. The first-order chi connectivity index (χ1) is 17.9. The molecule has 192 valence electrons.